The molecule has 0 radical (unpaired) electrons. The highest BCUT2D eigenvalue weighted by Crippen LogP contribution is 2.40. The van der Waals surface area contributed by atoms with Gasteiger partial charge >= 0.3 is 0 Å². The number of anilines is 1. The second-order valence-corrected chi connectivity index (χ2v) is 6.76. The first-order chi connectivity index (χ1) is 9.66. The van der Waals surface area contributed by atoms with E-state index in [-0.39, 0.29) is 5.91 Å². The molecule has 1 atom stereocenters. The molecule has 4 heteroatoms. The van der Waals surface area contributed by atoms with Crippen LogP contribution in [-0.4, -0.2) is 22.8 Å². The lowest BCUT2D eigenvalue weighted by Gasteiger charge is -2.38. The number of aliphatic hydroxyl groups is 1. The summed E-state index contributed by atoms with van der Waals surface area (Å²) < 4.78 is 0. The Bertz CT molecular complexity index is 509. The van der Waals surface area contributed by atoms with E-state index in [0.29, 0.717) is 11.8 Å². The van der Waals surface area contributed by atoms with Crippen molar-refractivity contribution in [3.05, 3.63) is 23.8 Å². The van der Waals surface area contributed by atoms with Crippen LogP contribution in [0.1, 0.15) is 50.7 Å². The maximum Gasteiger partial charge on any atom is 0.237 e. The number of thioether (sulfide) groups is 1. The number of carbonyl (C=O) groups is 1. The fraction of sp³-hybridized carbons (Fsp3) is 0.562. The highest BCUT2D eigenvalue weighted by atomic mass is 32.2. The molecule has 0 bridgehead atoms. The number of benzene rings is 1. The van der Waals surface area contributed by atoms with Crippen molar-refractivity contribution in [2.45, 2.75) is 56.1 Å². The molecule has 1 amide bonds. The van der Waals surface area contributed by atoms with Gasteiger partial charge in [-0.1, -0.05) is 25.3 Å². The minimum atomic E-state index is -0.490. The Hall–Kier alpha value is -1.000. The number of amides is 1. The lowest BCUT2D eigenvalue weighted by Crippen LogP contribution is -2.44. The van der Waals surface area contributed by atoms with Crippen LogP contribution in [0.25, 0.3) is 0 Å². The summed E-state index contributed by atoms with van der Waals surface area (Å²) in [5.41, 5.74) is 1.90. The molecule has 1 aliphatic carbocycles. The molecule has 0 spiro atoms. The summed E-state index contributed by atoms with van der Waals surface area (Å²) in [6, 6.07) is 6.36. The molecule has 1 N–H and O–H groups in total. The van der Waals surface area contributed by atoms with Crippen LogP contribution in [0.5, 0.6) is 0 Å². The molecular weight excluding hydrogens is 270 g/mol. The fourth-order valence-corrected chi connectivity index (χ4v) is 4.08. The zero-order valence-electron chi connectivity index (χ0n) is 11.8. The smallest absolute Gasteiger partial charge is 0.237 e. The Kier molecular flexibility index (Phi) is 4.03. The van der Waals surface area contributed by atoms with E-state index in [1.165, 1.54) is 24.2 Å². The number of rotatable bonds is 2. The maximum atomic E-state index is 12.4. The number of fused-ring (bicyclic) bond motifs is 1. The second kappa shape index (κ2) is 5.78. The number of carbonyl (C=O) groups excluding carboxylic acids is 1. The van der Waals surface area contributed by atoms with E-state index < -0.39 is 6.10 Å². The molecule has 1 heterocycles. The largest absolute Gasteiger partial charge is 0.389 e. The number of hydrogen-bond acceptors (Lipinski definition) is 3. The molecule has 0 saturated heterocycles. The molecule has 1 fully saturated rings. The third-order valence-electron chi connectivity index (χ3n) is 4.28. The van der Waals surface area contributed by atoms with Crippen LogP contribution in [0, 0.1) is 0 Å². The van der Waals surface area contributed by atoms with Crippen LogP contribution in [0.2, 0.25) is 0 Å². The third kappa shape index (κ3) is 2.59. The highest BCUT2D eigenvalue weighted by Gasteiger charge is 2.32. The molecule has 1 aromatic rings. The minimum Gasteiger partial charge on any atom is -0.389 e. The van der Waals surface area contributed by atoms with Gasteiger partial charge in [-0.05, 0) is 37.5 Å². The number of hydrogen-bond donors (Lipinski definition) is 1. The van der Waals surface area contributed by atoms with Crippen molar-refractivity contribution in [2.24, 2.45) is 0 Å². The van der Waals surface area contributed by atoms with Crippen LogP contribution < -0.4 is 4.90 Å². The average Bonchev–Trinajstić information content (AvgIpc) is 2.47. The Morgan fingerprint density at radius 1 is 1.30 bits per heavy atom. The molecule has 20 heavy (non-hydrogen) atoms. The van der Waals surface area contributed by atoms with E-state index in [1.807, 2.05) is 23.1 Å². The summed E-state index contributed by atoms with van der Waals surface area (Å²) >= 11 is 1.61. The molecular formula is C16H21NO2S. The average molecular weight is 291 g/mol. The first-order valence-corrected chi connectivity index (χ1v) is 8.42. The van der Waals surface area contributed by atoms with Crippen LogP contribution in [0.4, 0.5) is 5.69 Å². The van der Waals surface area contributed by atoms with E-state index in [4.69, 9.17) is 0 Å². The van der Waals surface area contributed by atoms with Crippen LogP contribution in [-0.2, 0) is 4.79 Å². The quantitative estimate of drug-likeness (QED) is 0.906. The van der Waals surface area contributed by atoms with E-state index in [0.717, 1.165) is 24.1 Å². The van der Waals surface area contributed by atoms with Crippen LogP contribution in [0.3, 0.4) is 0 Å². The van der Waals surface area contributed by atoms with Gasteiger partial charge in [-0.2, -0.15) is 0 Å². The Morgan fingerprint density at radius 3 is 2.75 bits per heavy atom. The molecule has 1 saturated carbocycles. The predicted molar refractivity (Wildman–Crippen MR) is 82.2 cm³/mol. The fourth-order valence-electron chi connectivity index (χ4n) is 3.19. The van der Waals surface area contributed by atoms with Crippen molar-refractivity contribution in [1.29, 1.82) is 0 Å². The summed E-state index contributed by atoms with van der Waals surface area (Å²) in [6.07, 6.45) is 5.44. The molecule has 3 rings (SSSR count). The van der Waals surface area contributed by atoms with Crippen molar-refractivity contribution in [1.82, 2.24) is 0 Å². The minimum absolute atomic E-state index is 0.220. The van der Waals surface area contributed by atoms with Crippen molar-refractivity contribution >= 4 is 23.4 Å². The summed E-state index contributed by atoms with van der Waals surface area (Å²) in [6.45, 7) is 1.77. The monoisotopic (exact) mass is 291 g/mol. The molecule has 1 aromatic carbocycles. The summed E-state index contributed by atoms with van der Waals surface area (Å²) in [7, 11) is 0. The summed E-state index contributed by atoms with van der Waals surface area (Å²) in [5.74, 6) is 0.759. The number of aliphatic hydroxyl groups excluding tert-OH is 1. The zero-order valence-corrected chi connectivity index (χ0v) is 12.7. The van der Waals surface area contributed by atoms with Crippen molar-refractivity contribution < 1.29 is 9.90 Å². The first-order valence-electron chi connectivity index (χ1n) is 7.43. The summed E-state index contributed by atoms with van der Waals surface area (Å²) in [4.78, 5) is 15.6. The lowest BCUT2D eigenvalue weighted by molar-refractivity contribution is -0.116. The van der Waals surface area contributed by atoms with Gasteiger partial charge in [0, 0.05) is 10.9 Å². The van der Waals surface area contributed by atoms with Gasteiger partial charge in [-0.15, -0.1) is 11.8 Å². The van der Waals surface area contributed by atoms with Crippen LogP contribution in [0.15, 0.2) is 23.1 Å². The van der Waals surface area contributed by atoms with Gasteiger partial charge < -0.3 is 10.0 Å². The maximum absolute atomic E-state index is 12.4. The zero-order chi connectivity index (χ0) is 14.1. The Morgan fingerprint density at radius 2 is 2.05 bits per heavy atom. The van der Waals surface area contributed by atoms with Crippen molar-refractivity contribution in [3.63, 3.8) is 0 Å². The predicted octanol–water partition coefficient (Wildman–Crippen LogP) is 3.51. The van der Waals surface area contributed by atoms with Gasteiger partial charge in [0.1, 0.15) is 0 Å². The molecule has 108 valence electrons. The second-order valence-electron chi connectivity index (χ2n) is 5.75. The Labute approximate surface area is 124 Å². The first kappa shape index (κ1) is 14.0. The van der Waals surface area contributed by atoms with Gasteiger partial charge in [0.25, 0.3) is 0 Å². The lowest BCUT2D eigenvalue weighted by atomic mass is 9.93. The van der Waals surface area contributed by atoms with Gasteiger partial charge in [-0.3, -0.25) is 4.79 Å². The van der Waals surface area contributed by atoms with Gasteiger partial charge in [-0.25, -0.2) is 0 Å². The van der Waals surface area contributed by atoms with E-state index in [1.54, 1.807) is 18.7 Å². The van der Waals surface area contributed by atoms with Crippen molar-refractivity contribution in [2.75, 3.05) is 10.7 Å². The SMILES string of the molecule is CC(O)c1ccc2c(c1)N(C1CCCCC1)C(=O)CS2. The van der Waals surface area contributed by atoms with Gasteiger partial charge in [0.05, 0.1) is 17.5 Å². The standard InChI is InChI=1S/C16H21NO2S/c1-11(18)12-7-8-15-14(9-12)17(16(19)10-20-15)13-5-3-2-4-6-13/h7-9,11,13,18H,2-6,10H2,1H3. The van der Waals surface area contributed by atoms with E-state index in [9.17, 15) is 9.90 Å². The third-order valence-corrected chi connectivity index (χ3v) is 5.33. The van der Waals surface area contributed by atoms with E-state index in [2.05, 4.69) is 0 Å². The molecule has 3 nitrogen and oxygen atoms in total. The van der Waals surface area contributed by atoms with Crippen molar-refractivity contribution in [3.8, 4) is 0 Å². The van der Waals surface area contributed by atoms with E-state index >= 15 is 0 Å². The Balaban J connectivity index is 1.98. The topological polar surface area (TPSA) is 40.5 Å². The molecule has 0 aromatic heterocycles. The number of nitrogens with zero attached hydrogens (tertiary/aromatic N) is 1. The normalized spacial score (nSPS) is 21.7. The van der Waals surface area contributed by atoms with Crippen LogP contribution >= 0.6 is 11.8 Å². The summed E-state index contributed by atoms with van der Waals surface area (Å²) in [5, 5.41) is 9.78. The van der Waals surface area contributed by atoms with Gasteiger partial charge in [0.15, 0.2) is 0 Å². The molecule has 1 aliphatic heterocycles. The van der Waals surface area contributed by atoms with Gasteiger partial charge in [0.2, 0.25) is 5.91 Å². The highest BCUT2D eigenvalue weighted by molar-refractivity contribution is 8.00. The molecule has 2 aliphatic rings. The molecule has 1 unspecified atom stereocenters.